The number of halogens is 1. The van der Waals surface area contributed by atoms with Gasteiger partial charge in [-0.1, -0.05) is 31.9 Å². The fraction of sp³-hybridized carbons (Fsp3) is 0.429. The van der Waals surface area contributed by atoms with Crippen molar-refractivity contribution < 1.29 is 9.53 Å². The molecule has 28 heavy (non-hydrogen) atoms. The van der Waals surface area contributed by atoms with E-state index >= 15 is 0 Å². The highest BCUT2D eigenvalue weighted by Gasteiger charge is 2.15. The third-order valence-electron chi connectivity index (χ3n) is 4.43. The van der Waals surface area contributed by atoms with Crippen molar-refractivity contribution in [2.24, 2.45) is 5.73 Å². The van der Waals surface area contributed by atoms with E-state index in [1.54, 1.807) is 18.3 Å². The number of nitriles is 1. The summed E-state index contributed by atoms with van der Waals surface area (Å²) in [6, 6.07) is 7.30. The first kappa shape index (κ1) is 21.6. The van der Waals surface area contributed by atoms with Crippen LogP contribution in [0, 0.1) is 11.3 Å². The third kappa shape index (κ3) is 6.50. The third-order valence-corrected chi connectivity index (χ3v) is 4.74. The Morgan fingerprint density at radius 3 is 2.46 bits per heavy atom. The number of benzene rings is 1. The molecule has 148 valence electrons. The summed E-state index contributed by atoms with van der Waals surface area (Å²) < 4.78 is 5.84. The van der Waals surface area contributed by atoms with Crippen LogP contribution < -0.4 is 10.5 Å². The van der Waals surface area contributed by atoms with Crippen molar-refractivity contribution in [3.63, 3.8) is 0 Å². The Kier molecular flexibility index (Phi) is 8.21. The summed E-state index contributed by atoms with van der Waals surface area (Å²) in [6.07, 6.45) is 9.34. The summed E-state index contributed by atoms with van der Waals surface area (Å²) in [5, 5.41) is 9.22. The van der Waals surface area contributed by atoms with Gasteiger partial charge in [0.05, 0.1) is 28.6 Å². The predicted molar refractivity (Wildman–Crippen MR) is 108 cm³/mol. The Bertz CT molecular complexity index is 825. The van der Waals surface area contributed by atoms with Crippen molar-refractivity contribution in [2.75, 3.05) is 0 Å². The molecule has 0 bridgehead atoms. The molecule has 0 unspecified atom stereocenters. The zero-order chi connectivity index (χ0) is 20.5. The second-order valence-electron chi connectivity index (χ2n) is 6.98. The maximum Gasteiger partial charge on any atom is 0.268 e. The van der Waals surface area contributed by atoms with Gasteiger partial charge in [0.15, 0.2) is 0 Å². The topological polar surface area (TPSA) is 102 Å². The second-order valence-corrected chi connectivity index (χ2v) is 7.38. The molecule has 0 saturated heterocycles. The number of carbonyl (C=O) groups excluding carboxylic acids is 1. The summed E-state index contributed by atoms with van der Waals surface area (Å²) in [7, 11) is 0. The molecule has 1 fully saturated rings. The minimum absolute atomic E-state index is 0.208. The van der Waals surface area contributed by atoms with E-state index in [-0.39, 0.29) is 5.69 Å². The molecule has 1 saturated carbocycles. The molecule has 7 heteroatoms. The number of hydrogen-bond donors (Lipinski definition) is 1. The van der Waals surface area contributed by atoms with E-state index in [0.717, 1.165) is 24.3 Å². The fourth-order valence-electron chi connectivity index (χ4n) is 2.80. The summed E-state index contributed by atoms with van der Waals surface area (Å²) >= 11 is 5.94. The predicted octanol–water partition coefficient (Wildman–Crippen LogP) is 4.62. The molecule has 1 aliphatic rings. The first-order valence-electron chi connectivity index (χ1n) is 9.38. The van der Waals surface area contributed by atoms with Gasteiger partial charge >= 0.3 is 0 Å². The van der Waals surface area contributed by atoms with Crippen LogP contribution >= 0.6 is 11.6 Å². The molecule has 1 aromatic carbocycles. The van der Waals surface area contributed by atoms with Crippen molar-refractivity contribution >= 4 is 17.5 Å². The number of nitrogens with zero attached hydrogens (tertiary/aromatic N) is 3. The van der Waals surface area contributed by atoms with Crippen LogP contribution in [0.2, 0.25) is 5.02 Å². The molecule has 0 aliphatic heterocycles. The molecule has 1 aliphatic carbocycles. The van der Waals surface area contributed by atoms with Crippen molar-refractivity contribution in [1.29, 1.82) is 5.26 Å². The number of primary amides is 1. The lowest BCUT2D eigenvalue weighted by atomic mass is 9.98. The molecule has 2 N–H and O–H groups in total. The van der Waals surface area contributed by atoms with Gasteiger partial charge in [0.2, 0.25) is 0 Å². The van der Waals surface area contributed by atoms with E-state index in [4.69, 9.17) is 27.3 Å². The van der Waals surface area contributed by atoms with E-state index in [9.17, 15) is 4.79 Å². The average molecular weight is 401 g/mol. The maximum atomic E-state index is 10.6. The molecule has 0 spiro atoms. The molecule has 0 radical (unpaired) electrons. The van der Waals surface area contributed by atoms with Crippen molar-refractivity contribution in [3.8, 4) is 11.8 Å². The minimum atomic E-state index is -0.544. The number of amides is 1. The highest BCUT2D eigenvalue weighted by molar-refractivity contribution is 6.31. The van der Waals surface area contributed by atoms with Gasteiger partial charge in [-0.25, -0.2) is 4.98 Å². The number of carbonyl (C=O) groups is 1. The normalized spacial score (nSPS) is 14.0. The number of rotatable bonds is 4. The molecule has 1 aromatic heterocycles. The quantitative estimate of drug-likeness (QED) is 0.806. The summed E-state index contributed by atoms with van der Waals surface area (Å²) in [5.41, 5.74) is 6.57. The first-order chi connectivity index (χ1) is 13.4. The Morgan fingerprint density at radius 2 is 1.96 bits per heavy atom. The molecule has 0 atom stereocenters. The molecule has 3 rings (SSSR count). The van der Waals surface area contributed by atoms with E-state index in [1.807, 2.05) is 26.0 Å². The van der Waals surface area contributed by atoms with Gasteiger partial charge in [-0.3, -0.25) is 9.78 Å². The Hall–Kier alpha value is -2.65. The number of nitrogens with two attached hydrogens (primary N) is 1. The monoisotopic (exact) mass is 400 g/mol. The lowest BCUT2D eigenvalue weighted by Crippen LogP contribution is -2.19. The Balaban J connectivity index is 0.000000209. The summed E-state index contributed by atoms with van der Waals surface area (Å²) in [4.78, 5) is 18.5. The van der Waals surface area contributed by atoms with Gasteiger partial charge in [0, 0.05) is 12.3 Å². The molecule has 1 heterocycles. The van der Waals surface area contributed by atoms with Crippen molar-refractivity contribution in [1.82, 2.24) is 9.97 Å². The zero-order valence-electron chi connectivity index (χ0n) is 16.2. The number of ether oxygens (including phenoxy) is 1. The molecule has 1 amide bonds. The van der Waals surface area contributed by atoms with Gasteiger partial charge in [-0.15, -0.1) is 0 Å². The number of hydrogen-bond acceptors (Lipinski definition) is 5. The highest BCUT2D eigenvalue weighted by atomic mass is 35.5. The van der Waals surface area contributed by atoms with Gasteiger partial charge in [0.1, 0.15) is 17.5 Å². The standard InChI is InChI=1S/C13H14ClNO.C8H11N3O/c14-13-8-12(7-6-10(13)9-15)16-11-4-2-1-3-5-11;1-5(2)6-3-11-7(4-10-6)8(9)12/h6-8,11H,1-5H2;3-5H,1-2H3,(H2,9,12). The van der Waals surface area contributed by atoms with Crippen LogP contribution in [0.1, 0.15) is 73.6 Å². The summed E-state index contributed by atoms with van der Waals surface area (Å²) in [5.74, 6) is 0.549. The largest absolute Gasteiger partial charge is 0.490 e. The second kappa shape index (κ2) is 10.6. The lowest BCUT2D eigenvalue weighted by Gasteiger charge is -2.23. The maximum absolute atomic E-state index is 10.6. The SMILES string of the molecule is CC(C)c1cnc(C(N)=O)cn1.N#Cc1ccc(OC2CCCCC2)cc1Cl. The highest BCUT2D eigenvalue weighted by Crippen LogP contribution is 2.26. The van der Waals surface area contributed by atoms with Gasteiger partial charge in [-0.2, -0.15) is 5.26 Å². The van der Waals surface area contributed by atoms with Crippen molar-refractivity contribution in [2.45, 2.75) is 58.0 Å². The molecular formula is C21H25ClN4O2. The van der Waals surface area contributed by atoms with Crippen LogP contribution in [0.15, 0.2) is 30.6 Å². The Labute approximate surface area is 170 Å². The smallest absolute Gasteiger partial charge is 0.268 e. The molecular weight excluding hydrogens is 376 g/mol. The van der Waals surface area contributed by atoms with Gasteiger partial charge < -0.3 is 10.5 Å². The van der Waals surface area contributed by atoms with Crippen molar-refractivity contribution in [3.05, 3.63) is 52.6 Å². The Morgan fingerprint density at radius 1 is 1.25 bits per heavy atom. The van der Waals surface area contributed by atoms with E-state index in [0.29, 0.717) is 22.6 Å². The first-order valence-corrected chi connectivity index (χ1v) is 9.76. The van der Waals surface area contributed by atoms with Crippen LogP contribution in [0.4, 0.5) is 0 Å². The number of aromatic nitrogens is 2. The molecule has 2 aromatic rings. The van der Waals surface area contributed by atoms with Gasteiger partial charge in [0.25, 0.3) is 5.91 Å². The van der Waals surface area contributed by atoms with Crippen LogP contribution in [0.25, 0.3) is 0 Å². The van der Waals surface area contributed by atoms with Crippen LogP contribution in [-0.4, -0.2) is 22.0 Å². The van der Waals surface area contributed by atoms with Crippen LogP contribution in [0.3, 0.4) is 0 Å². The minimum Gasteiger partial charge on any atom is -0.490 e. The van der Waals surface area contributed by atoms with E-state index in [2.05, 4.69) is 9.97 Å². The van der Waals surface area contributed by atoms with E-state index < -0.39 is 5.91 Å². The van der Waals surface area contributed by atoms with Crippen LogP contribution in [-0.2, 0) is 0 Å². The lowest BCUT2D eigenvalue weighted by molar-refractivity contribution is 0.0995. The van der Waals surface area contributed by atoms with Gasteiger partial charge in [-0.05, 0) is 43.7 Å². The van der Waals surface area contributed by atoms with Crippen LogP contribution in [0.5, 0.6) is 5.75 Å². The summed E-state index contributed by atoms with van der Waals surface area (Å²) in [6.45, 7) is 4.02. The molecule has 6 nitrogen and oxygen atoms in total. The average Bonchev–Trinajstić information content (AvgIpc) is 2.69. The fourth-order valence-corrected chi connectivity index (χ4v) is 3.01. The zero-order valence-corrected chi connectivity index (χ0v) is 16.9. The van der Waals surface area contributed by atoms with E-state index in [1.165, 1.54) is 25.5 Å².